The molecule has 9 heteroatoms. The van der Waals surface area contributed by atoms with E-state index in [-0.39, 0.29) is 5.69 Å². The average molecular weight is 395 g/mol. The van der Waals surface area contributed by atoms with Crippen LogP contribution in [0, 0.1) is 15.9 Å². The van der Waals surface area contributed by atoms with Crippen molar-refractivity contribution in [3.8, 4) is 0 Å². The van der Waals surface area contributed by atoms with Gasteiger partial charge >= 0.3 is 11.7 Å². The molecule has 1 N–H and O–H groups in total. The Balaban J connectivity index is 1.54. The summed E-state index contributed by atoms with van der Waals surface area (Å²) in [5.41, 5.74) is 0.556. The molecule has 0 saturated carbocycles. The van der Waals surface area contributed by atoms with Gasteiger partial charge in [-0.3, -0.25) is 14.9 Å². The van der Waals surface area contributed by atoms with Gasteiger partial charge in [0.15, 0.2) is 6.61 Å². The minimum absolute atomic E-state index is 0.00931. The normalized spacial score (nSPS) is 10.8. The Labute approximate surface area is 163 Å². The third-order valence-electron chi connectivity index (χ3n) is 3.78. The fraction of sp³-hybridized carbons (Fsp3) is 0.0500. The molecule has 0 spiro atoms. The van der Waals surface area contributed by atoms with Gasteiger partial charge in [0.2, 0.25) is 5.82 Å². The number of nitrogens with one attached hydrogen (secondary N) is 1. The zero-order valence-corrected chi connectivity index (χ0v) is 14.9. The van der Waals surface area contributed by atoms with Gasteiger partial charge in [0.25, 0.3) is 5.91 Å². The number of nitro benzene ring substituents is 1. The molecule has 8 nitrogen and oxygen atoms in total. The number of hydrogen-bond acceptors (Lipinski definition) is 6. The highest BCUT2D eigenvalue weighted by molar-refractivity contribution is 5.95. The molecular weight excluding hydrogens is 381 g/mol. The lowest BCUT2D eigenvalue weighted by Gasteiger charge is -2.05. The molecule has 0 aliphatic heterocycles. The molecule has 1 amide bonds. The Kier molecular flexibility index (Phi) is 5.88. The SMILES string of the molecule is O=C(COC(=O)C=Cc1ccc2ccccc2n1)Nc1ccc(F)c([N+](=O)[O-])c1. The molecule has 0 aliphatic rings. The number of amides is 1. The molecule has 0 aliphatic carbocycles. The first-order valence-corrected chi connectivity index (χ1v) is 8.37. The standard InChI is InChI=1S/C20H14FN3O5/c21-16-9-7-15(11-18(16)24(27)28)23-19(25)12-29-20(26)10-8-14-6-5-13-3-1-2-4-17(13)22-14/h1-11H,12H2,(H,23,25). The minimum Gasteiger partial charge on any atom is -0.452 e. The van der Waals surface area contributed by atoms with Gasteiger partial charge in [-0.2, -0.15) is 4.39 Å². The second-order valence-corrected chi connectivity index (χ2v) is 5.84. The van der Waals surface area contributed by atoms with E-state index < -0.39 is 34.9 Å². The Morgan fingerprint density at radius 3 is 2.76 bits per heavy atom. The van der Waals surface area contributed by atoms with Crippen LogP contribution < -0.4 is 5.32 Å². The number of anilines is 1. The highest BCUT2D eigenvalue weighted by atomic mass is 19.1. The molecule has 2 aromatic carbocycles. The summed E-state index contributed by atoms with van der Waals surface area (Å²) in [4.78, 5) is 37.8. The highest BCUT2D eigenvalue weighted by Gasteiger charge is 2.15. The summed E-state index contributed by atoms with van der Waals surface area (Å²) in [7, 11) is 0. The number of hydrogen-bond donors (Lipinski definition) is 1. The lowest BCUT2D eigenvalue weighted by molar-refractivity contribution is -0.387. The number of rotatable bonds is 6. The quantitative estimate of drug-likeness (QED) is 0.296. The van der Waals surface area contributed by atoms with Crippen LogP contribution in [0.1, 0.15) is 5.69 Å². The molecule has 3 aromatic rings. The van der Waals surface area contributed by atoms with Gasteiger partial charge in [0, 0.05) is 23.2 Å². The van der Waals surface area contributed by atoms with E-state index in [2.05, 4.69) is 10.3 Å². The average Bonchev–Trinajstić information content (AvgIpc) is 2.71. The number of pyridine rings is 1. The van der Waals surface area contributed by atoms with Crippen molar-refractivity contribution in [3.63, 3.8) is 0 Å². The number of para-hydroxylation sites is 1. The van der Waals surface area contributed by atoms with Gasteiger partial charge in [-0.15, -0.1) is 0 Å². The summed E-state index contributed by atoms with van der Waals surface area (Å²) in [5.74, 6) is -2.51. The number of nitrogens with zero attached hydrogens (tertiary/aromatic N) is 2. The number of nitro groups is 1. The first kappa shape index (κ1) is 19.6. The minimum atomic E-state index is -1.02. The van der Waals surface area contributed by atoms with Crippen molar-refractivity contribution in [3.05, 3.63) is 82.3 Å². The van der Waals surface area contributed by atoms with Crippen LogP contribution in [0.3, 0.4) is 0 Å². The fourth-order valence-corrected chi connectivity index (χ4v) is 2.44. The molecule has 0 bridgehead atoms. The van der Waals surface area contributed by atoms with Crippen molar-refractivity contribution in [2.75, 3.05) is 11.9 Å². The number of carbonyl (C=O) groups excluding carboxylic acids is 2. The fourth-order valence-electron chi connectivity index (χ4n) is 2.44. The lowest BCUT2D eigenvalue weighted by atomic mass is 10.2. The number of fused-ring (bicyclic) bond motifs is 1. The largest absolute Gasteiger partial charge is 0.452 e. The van der Waals surface area contributed by atoms with E-state index in [9.17, 15) is 24.1 Å². The van der Waals surface area contributed by atoms with E-state index in [1.54, 1.807) is 6.07 Å². The predicted molar refractivity (Wildman–Crippen MR) is 103 cm³/mol. The van der Waals surface area contributed by atoms with E-state index in [0.717, 1.165) is 35.2 Å². The van der Waals surface area contributed by atoms with Crippen LogP contribution in [0.4, 0.5) is 15.8 Å². The molecule has 29 heavy (non-hydrogen) atoms. The van der Waals surface area contributed by atoms with E-state index in [1.807, 2.05) is 30.3 Å². The number of carbonyl (C=O) groups is 2. The van der Waals surface area contributed by atoms with Crippen LogP contribution >= 0.6 is 0 Å². The third kappa shape index (κ3) is 5.19. The summed E-state index contributed by atoms with van der Waals surface area (Å²) < 4.78 is 18.1. The second kappa shape index (κ2) is 8.70. The number of ether oxygens (including phenoxy) is 1. The summed E-state index contributed by atoms with van der Waals surface area (Å²) in [5, 5.41) is 14.0. The molecule has 0 atom stereocenters. The summed E-state index contributed by atoms with van der Waals surface area (Å²) in [6, 6.07) is 14.0. The molecule has 146 valence electrons. The zero-order chi connectivity index (χ0) is 20.8. The maximum absolute atomic E-state index is 13.3. The number of benzene rings is 2. The Bertz CT molecular complexity index is 1130. The maximum atomic E-state index is 13.3. The van der Waals surface area contributed by atoms with Crippen molar-refractivity contribution in [1.29, 1.82) is 0 Å². The van der Waals surface area contributed by atoms with E-state index >= 15 is 0 Å². The molecular formula is C20H14FN3O5. The van der Waals surface area contributed by atoms with E-state index in [1.165, 1.54) is 6.08 Å². The molecule has 0 saturated heterocycles. The Morgan fingerprint density at radius 1 is 1.17 bits per heavy atom. The van der Waals surface area contributed by atoms with Crippen LogP contribution in [-0.2, 0) is 14.3 Å². The van der Waals surface area contributed by atoms with Crippen LogP contribution in [0.15, 0.2) is 60.7 Å². The van der Waals surface area contributed by atoms with Crippen LogP contribution in [0.5, 0.6) is 0 Å². The number of esters is 1. The summed E-state index contributed by atoms with van der Waals surface area (Å²) in [6.07, 6.45) is 2.59. The number of halogens is 1. The van der Waals surface area contributed by atoms with Gasteiger partial charge in [-0.1, -0.05) is 24.3 Å². The highest BCUT2D eigenvalue weighted by Crippen LogP contribution is 2.21. The predicted octanol–water partition coefficient (Wildman–Crippen LogP) is 3.48. The smallest absolute Gasteiger partial charge is 0.331 e. The van der Waals surface area contributed by atoms with Crippen molar-refractivity contribution >= 4 is 40.2 Å². The van der Waals surface area contributed by atoms with Gasteiger partial charge in [-0.05, 0) is 30.3 Å². The Morgan fingerprint density at radius 2 is 1.97 bits per heavy atom. The molecule has 0 unspecified atom stereocenters. The van der Waals surface area contributed by atoms with Crippen molar-refractivity contribution in [1.82, 2.24) is 4.98 Å². The van der Waals surface area contributed by atoms with Gasteiger partial charge in [-0.25, -0.2) is 9.78 Å². The first-order valence-electron chi connectivity index (χ1n) is 8.37. The third-order valence-corrected chi connectivity index (χ3v) is 3.78. The van der Waals surface area contributed by atoms with E-state index in [4.69, 9.17) is 4.74 Å². The number of aromatic nitrogens is 1. The monoisotopic (exact) mass is 395 g/mol. The summed E-state index contributed by atoms with van der Waals surface area (Å²) >= 11 is 0. The van der Waals surface area contributed by atoms with E-state index in [0.29, 0.717) is 5.69 Å². The van der Waals surface area contributed by atoms with Gasteiger partial charge < -0.3 is 10.1 Å². The van der Waals surface area contributed by atoms with Crippen molar-refractivity contribution in [2.45, 2.75) is 0 Å². The molecule has 1 heterocycles. The lowest BCUT2D eigenvalue weighted by Crippen LogP contribution is -2.20. The van der Waals surface area contributed by atoms with Crippen molar-refractivity contribution < 1.29 is 23.6 Å². The molecule has 0 radical (unpaired) electrons. The maximum Gasteiger partial charge on any atom is 0.331 e. The first-order chi connectivity index (χ1) is 13.9. The zero-order valence-electron chi connectivity index (χ0n) is 14.9. The van der Waals surface area contributed by atoms with Gasteiger partial charge in [0.05, 0.1) is 16.1 Å². The van der Waals surface area contributed by atoms with Crippen LogP contribution in [-0.4, -0.2) is 28.4 Å². The van der Waals surface area contributed by atoms with Crippen LogP contribution in [0.2, 0.25) is 0 Å². The molecule has 3 rings (SSSR count). The van der Waals surface area contributed by atoms with Crippen molar-refractivity contribution in [2.24, 2.45) is 0 Å². The molecule has 1 aromatic heterocycles. The second-order valence-electron chi connectivity index (χ2n) is 5.84. The Hall–Kier alpha value is -4.14. The summed E-state index contributed by atoms with van der Waals surface area (Å²) in [6.45, 7) is -0.612. The van der Waals surface area contributed by atoms with Gasteiger partial charge in [0.1, 0.15) is 0 Å². The topological polar surface area (TPSA) is 111 Å². The van der Waals surface area contributed by atoms with Crippen LogP contribution in [0.25, 0.3) is 17.0 Å². The molecule has 0 fully saturated rings.